The summed E-state index contributed by atoms with van der Waals surface area (Å²) >= 11 is 0. The van der Waals surface area contributed by atoms with Crippen molar-refractivity contribution in [2.75, 3.05) is 0 Å². The molecule has 96 valence electrons. The van der Waals surface area contributed by atoms with Crippen molar-refractivity contribution in [1.29, 1.82) is 5.26 Å². The zero-order valence-corrected chi connectivity index (χ0v) is 11.0. The van der Waals surface area contributed by atoms with Crippen LogP contribution >= 0.6 is 0 Å². The summed E-state index contributed by atoms with van der Waals surface area (Å²) in [6.45, 7) is 0. The molecule has 2 nitrogen and oxygen atoms in total. The van der Waals surface area contributed by atoms with Crippen LogP contribution in [0.25, 0.3) is 0 Å². The Balaban J connectivity index is 2.06. The smallest absolute Gasteiger partial charge is 0.140 e. The van der Waals surface area contributed by atoms with E-state index in [1.807, 2.05) is 30.3 Å². The van der Waals surface area contributed by atoms with Crippen LogP contribution in [0.3, 0.4) is 0 Å². The van der Waals surface area contributed by atoms with Crippen LogP contribution in [-0.4, -0.2) is 4.21 Å². The molecule has 1 atom stereocenters. The van der Waals surface area contributed by atoms with Crippen LogP contribution in [0, 0.1) is 17.1 Å². The van der Waals surface area contributed by atoms with Gasteiger partial charge in [0.2, 0.25) is 0 Å². The summed E-state index contributed by atoms with van der Waals surface area (Å²) < 4.78 is 25.2. The zero-order chi connectivity index (χ0) is 13.7. The molecule has 0 fully saturated rings. The van der Waals surface area contributed by atoms with Crippen molar-refractivity contribution in [2.24, 2.45) is 0 Å². The molecule has 0 heterocycles. The zero-order valence-electron chi connectivity index (χ0n) is 10.2. The van der Waals surface area contributed by atoms with Crippen LogP contribution in [0.5, 0.6) is 0 Å². The molecule has 0 aliphatic carbocycles. The summed E-state index contributed by atoms with van der Waals surface area (Å²) in [6, 6.07) is 15.6. The van der Waals surface area contributed by atoms with E-state index in [0.717, 1.165) is 5.56 Å². The number of nitrogens with zero attached hydrogens (tertiary/aromatic N) is 1. The first-order chi connectivity index (χ1) is 9.19. The molecule has 2 aromatic rings. The van der Waals surface area contributed by atoms with Crippen LogP contribution in [0.4, 0.5) is 4.39 Å². The first-order valence-corrected chi connectivity index (χ1v) is 7.25. The molecule has 0 aromatic heterocycles. The average Bonchev–Trinajstić information content (AvgIpc) is 2.42. The third-order valence-electron chi connectivity index (χ3n) is 2.65. The van der Waals surface area contributed by atoms with Gasteiger partial charge in [-0.2, -0.15) is 5.26 Å². The second-order valence-corrected chi connectivity index (χ2v) is 5.60. The highest BCUT2D eigenvalue weighted by atomic mass is 32.2. The van der Waals surface area contributed by atoms with Gasteiger partial charge < -0.3 is 0 Å². The van der Waals surface area contributed by atoms with E-state index in [4.69, 9.17) is 5.26 Å². The van der Waals surface area contributed by atoms with Crippen LogP contribution < -0.4 is 0 Å². The minimum atomic E-state index is -1.07. The lowest BCUT2D eigenvalue weighted by atomic mass is 10.1. The van der Waals surface area contributed by atoms with Crippen molar-refractivity contribution < 1.29 is 8.60 Å². The Bertz CT molecular complexity index is 634. The predicted octanol–water partition coefficient (Wildman–Crippen LogP) is 3.15. The molecule has 0 saturated heterocycles. The van der Waals surface area contributed by atoms with E-state index in [9.17, 15) is 8.60 Å². The normalized spacial score (nSPS) is 11.8. The van der Waals surface area contributed by atoms with Crippen molar-refractivity contribution in [2.45, 2.75) is 11.5 Å². The Kier molecular flexibility index (Phi) is 4.43. The molecule has 4 heteroatoms. The van der Waals surface area contributed by atoms with Gasteiger partial charge in [0.25, 0.3) is 0 Å². The van der Waals surface area contributed by atoms with Gasteiger partial charge in [-0.1, -0.05) is 36.4 Å². The van der Waals surface area contributed by atoms with Crippen molar-refractivity contribution >= 4 is 10.8 Å². The molecular formula is C15H12FNOS. The van der Waals surface area contributed by atoms with Gasteiger partial charge in [-0.05, 0) is 23.3 Å². The maximum atomic E-state index is 13.2. The summed E-state index contributed by atoms with van der Waals surface area (Å²) in [5, 5.41) is 8.75. The van der Waals surface area contributed by atoms with Crippen LogP contribution in [0.15, 0.2) is 48.5 Å². The van der Waals surface area contributed by atoms with Gasteiger partial charge in [-0.3, -0.25) is 4.21 Å². The Labute approximate surface area is 114 Å². The van der Waals surface area contributed by atoms with Gasteiger partial charge in [0.15, 0.2) is 0 Å². The second-order valence-electron chi connectivity index (χ2n) is 4.14. The molecule has 0 amide bonds. The largest absolute Gasteiger partial charge is 0.259 e. The molecule has 0 N–H and O–H groups in total. The molecule has 0 spiro atoms. The lowest BCUT2D eigenvalue weighted by Crippen LogP contribution is -2.00. The molecular weight excluding hydrogens is 261 g/mol. The fourth-order valence-corrected chi connectivity index (χ4v) is 2.96. The highest BCUT2D eigenvalue weighted by Crippen LogP contribution is 2.13. The maximum Gasteiger partial charge on any atom is 0.140 e. The lowest BCUT2D eigenvalue weighted by molar-refractivity contribution is 0.623. The highest BCUT2D eigenvalue weighted by molar-refractivity contribution is 7.83. The summed E-state index contributed by atoms with van der Waals surface area (Å²) in [5.41, 5.74) is 1.71. The Morgan fingerprint density at radius 1 is 1.05 bits per heavy atom. The Morgan fingerprint density at radius 3 is 2.42 bits per heavy atom. The molecule has 0 bridgehead atoms. The van der Waals surface area contributed by atoms with Crippen molar-refractivity contribution in [3.63, 3.8) is 0 Å². The molecule has 2 aromatic carbocycles. The second kappa shape index (κ2) is 6.26. The van der Waals surface area contributed by atoms with Gasteiger partial charge >= 0.3 is 0 Å². The van der Waals surface area contributed by atoms with Gasteiger partial charge in [0, 0.05) is 22.3 Å². The summed E-state index contributed by atoms with van der Waals surface area (Å²) in [6.07, 6.45) is 0. The minimum absolute atomic E-state index is 0.00536. The standard InChI is InChI=1S/C15H12FNOS/c16-15-7-6-13(8-14(15)9-17)11-19(18)10-12-4-2-1-3-5-12/h1-8H,10-11H2. The van der Waals surface area contributed by atoms with E-state index < -0.39 is 16.6 Å². The molecule has 19 heavy (non-hydrogen) atoms. The predicted molar refractivity (Wildman–Crippen MR) is 73.1 cm³/mol. The summed E-state index contributed by atoms with van der Waals surface area (Å²) in [5.74, 6) is 0.240. The first kappa shape index (κ1) is 13.4. The Hall–Kier alpha value is -1.99. The van der Waals surface area contributed by atoms with E-state index in [-0.39, 0.29) is 5.56 Å². The molecule has 1 unspecified atom stereocenters. The Morgan fingerprint density at radius 2 is 1.74 bits per heavy atom. The van der Waals surface area contributed by atoms with E-state index in [1.54, 1.807) is 12.1 Å². The van der Waals surface area contributed by atoms with E-state index in [2.05, 4.69) is 0 Å². The van der Waals surface area contributed by atoms with Crippen LogP contribution in [-0.2, 0) is 22.3 Å². The number of hydrogen-bond donors (Lipinski definition) is 0. The van der Waals surface area contributed by atoms with Gasteiger partial charge in [-0.25, -0.2) is 4.39 Å². The monoisotopic (exact) mass is 273 g/mol. The molecule has 0 aliphatic rings. The van der Waals surface area contributed by atoms with E-state index in [1.165, 1.54) is 12.1 Å². The number of halogens is 1. The maximum absolute atomic E-state index is 13.2. The van der Waals surface area contributed by atoms with Crippen molar-refractivity contribution in [3.05, 3.63) is 71.0 Å². The summed E-state index contributed by atoms with van der Waals surface area (Å²) in [4.78, 5) is 0. The van der Waals surface area contributed by atoms with Gasteiger partial charge in [-0.15, -0.1) is 0 Å². The first-order valence-electron chi connectivity index (χ1n) is 5.76. The highest BCUT2D eigenvalue weighted by Gasteiger charge is 2.07. The third kappa shape index (κ3) is 3.73. The minimum Gasteiger partial charge on any atom is -0.259 e. The fraction of sp³-hybridized carbons (Fsp3) is 0.133. The number of hydrogen-bond acceptors (Lipinski definition) is 2. The van der Waals surface area contributed by atoms with Crippen LogP contribution in [0.1, 0.15) is 16.7 Å². The molecule has 0 radical (unpaired) electrons. The van der Waals surface area contributed by atoms with Crippen molar-refractivity contribution in [3.8, 4) is 6.07 Å². The molecule has 2 rings (SSSR count). The van der Waals surface area contributed by atoms with Crippen LogP contribution in [0.2, 0.25) is 0 Å². The lowest BCUT2D eigenvalue weighted by Gasteiger charge is -2.04. The number of nitriles is 1. The van der Waals surface area contributed by atoms with Gasteiger partial charge in [0.1, 0.15) is 11.9 Å². The van der Waals surface area contributed by atoms with Gasteiger partial charge in [0.05, 0.1) is 5.56 Å². The van der Waals surface area contributed by atoms with E-state index >= 15 is 0 Å². The molecule has 0 aliphatic heterocycles. The van der Waals surface area contributed by atoms with Crippen molar-refractivity contribution in [1.82, 2.24) is 0 Å². The summed E-state index contributed by atoms with van der Waals surface area (Å²) in [7, 11) is -1.07. The van der Waals surface area contributed by atoms with E-state index in [0.29, 0.717) is 17.1 Å². The SMILES string of the molecule is N#Cc1cc(CS(=O)Cc2ccccc2)ccc1F. The third-order valence-corrected chi connectivity index (χ3v) is 3.96. The topological polar surface area (TPSA) is 40.9 Å². The number of rotatable bonds is 4. The fourth-order valence-electron chi connectivity index (χ4n) is 1.74. The molecule has 0 saturated carbocycles. The quantitative estimate of drug-likeness (QED) is 0.858. The number of benzene rings is 2. The average molecular weight is 273 g/mol.